The van der Waals surface area contributed by atoms with Gasteiger partial charge in [0.25, 0.3) is 0 Å². The van der Waals surface area contributed by atoms with E-state index in [2.05, 4.69) is 9.97 Å². The molecule has 92 valence electrons. The molecule has 1 aromatic heterocycles. The fraction of sp³-hybridized carbons (Fsp3) is 0.0833. The van der Waals surface area contributed by atoms with Crippen LogP contribution in [0.15, 0.2) is 41.6 Å². The van der Waals surface area contributed by atoms with Gasteiger partial charge in [-0.1, -0.05) is 12.1 Å². The van der Waals surface area contributed by atoms with Gasteiger partial charge in [-0.2, -0.15) is 0 Å². The zero-order valence-electron chi connectivity index (χ0n) is 9.53. The number of benzene rings is 1. The van der Waals surface area contributed by atoms with E-state index in [-0.39, 0.29) is 11.6 Å². The van der Waals surface area contributed by atoms with Gasteiger partial charge in [0.2, 0.25) is 5.88 Å². The zero-order chi connectivity index (χ0) is 13.0. The molecule has 1 heterocycles. The number of aromatic nitrogens is 2. The largest absolute Gasteiger partial charge is 0.476 e. The molecule has 0 radical (unpaired) electrons. The lowest BCUT2D eigenvalue weighted by Crippen LogP contribution is -2.01. The first kappa shape index (κ1) is 12.4. The molecule has 0 saturated heterocycles. The van der Waals surface area contributed by atoms with Crippen LogP contribution in [0.5, 0.6) is 11.6 Å². The minimum absolute atomic E-state index is 0.111. The van der Waals surface area contributed by atoms with Crippen molar-refractivity contribution in [2.75, 3.05) is 6.26 Å². The van der Waals surface area contributed by atoms with Crippen LogP contribution in [-0.2, 0) is 0 Å². The first-order chi connectivity index (χ1) is 8.70. The smallest absolute Gasteiger partial charge is 0.356 e. The summed E-state index contributed by atoms with van der Waals surface area (Å²) in [5.41, 5.74) is -0.111. The number of carbonyl (C=O) groups is 1. The topological polar surface area (TPSA) is 72.3 Å². The molecule has 2 aromatic rings. The fourth-order valence-corrected chi connectivity index (χ4v) is 1.82. The molecule has 0 aliphatic carbocycles. The van der Waals surface area contributed by atoms with Gasteiger partial charge in [-0.15, -0.1) is 11.8 Å². The second-order valence-corrected chi connectivity index (χ2v) is 4.15. The van der Waals surface area contributed by atoms with Gasteiger partial charge in [0.1, 0.15) is 5.75 Å². The predicted molar refractivity (Wildman–Crippen MR) is 67.3 cm³/mol. The summed E-state index contributed by atoms with van der Waals surface area (Å²) in [7, 11) is 0. The first-order valence-corrected chi connectivity index (χ1v) is 6.29. The molecule has 18 heavy (non-hydrogen) atoms. The first-order valence-electron chi connectivity index (χ1n) is 5.07. The SMILES string of the molecule is CSc1ccccc1Oc1cnc(C(=O)O)cn1. The molecule has 0 amide bonds. The highest BCUT2D eigenvalue weighted by Gasteiger charge is 2.07. The summed E-state index contributed by atoms with van der Waals surface area (Å²) in [6, 6.07) is 7.52. The van der Waals surface area contributed by atoms with Crippen molar-refractivity contribution in [3.63, 3.8) is 0 Å². The van der Waals surface area contributed by atoms with Crippen molar-refractivity contribution in [2.24, 2.45) is 0 Å². The number of nitrogens with zero attached hydrogens (tertiary/aromatic N) is 2. The molecular weight excluding hydrogens is 252 g/mol. The predicted octanol–water partition coefficient (Wildman–Crippen LogP) is 2.69. The molecule has 0 atom stereocenters. The number of aromatic carboxylic acids is 1. The van der Waals surface area contributed by atoms with Crippen LogP contribution in [0.25, 0.3) is 0 Å². The van der Waals surface area contributed by atoms with Crippen LogP contribution < -0.4 is 4.74 Å². The van der Waals surface area contributed by atoms with Gasteiger partial charge in [-0.3, -0.25) is 0 Å². The van der Waals surface area contributed by atoms with Gasteiger partial charge in [0, 0.05) is 4.90 Å². The molecule has 0 unspecified atom stereocenters. The van der Waals surface area contributed by atoms with E-state index in [0.29, 0.717) is 5.75 Å². The second-order valence-electron chi connectivity index (χ2n) is 3.30. The van der Waals surface area contributed by atoms with Crippen LogP contribution in [0.4, 0.5) is 0 Å². The summed E-state index contributed by atoms with van der Waals surface area (Å²) in [5, 5.41) is 8.70. The number of carboxylic acid groups (broad SMARTS) is 1. The quantitative estimate of drug-likeness (QED) is 0.854. The Morgan fingerprint density at radius 1 is 1.28 bits per heavy atom. The average Bonchev–Trinajstić information content (AvgIpc) is 2.40. The van der Waals surface area contributed by atoms with Crippen LogP contribution in [0.3, 0.4) is 0 Å². The number of ether oxygens (including phenoxy) is 1. The van der Waals surface area contributed by atoms with Crippen LogP contribution >= 0.6 is 11.8 Å². The highest BCUT2D eigenvalue weighted by Crippen LogP contribution is 2.29. The third-order valence-corrected chi connectivity index (χ3v) is 2.91. The summed E-state index contributed by atoms with van der Waals surface area (Å²) in [6.45, 7) is 0. The van der Waals surface area contributed by atoms with Crippen molar-refractivity contribution in [1.29, 1.82) is 0 Å². The Kier molecular flexibility index (Phi) is 3.78. The van der Waals surface area contributed by atoms with Gasteiger partial charge in [-0.25, -0.2) is 14.8 Å². The van der Waals surface area contributed by atoms with Gasteiger partial charge in [0.15, 0.2) is 5.69 Å². The molecule has 0 saturated carbocycles. The highest BCUT2D eigenvalue weighted by atomic mass is 32.2. The van der Waals surface area contributed by atoms with E-state index in [1.807, 2.05) is 30.5 Å². The van der Waals surface area contributed by atoms with E-state index in [1.54, 1.807) is 11.8 Å². The summed E-state index contributed by atoms with van der Waals surface area (Å²) >= 11 is 1.56. The highest BCUT2D eigenvalue weighted by molar-refractivity contribution is 7.98. The Balaban J connectivity index is 2.21. The number of carboxylic acids is 1. The lowest BCUT2D eigenvalue weighted by molar-refractivity contribution is 0.0690. The molecular formula is C12H10N2O3S. The van der Waals surface area contributed by atoms with Crippen molar-refractivity contribution in [1.82, 2.24) is 9.97 Å². The molecule has 0 aliphatic rings. The van der Waals surface area contributed by atoms with Gasteiger partial charge >= 0.3 is 5.97 Å². The minimum Gasteiger partial charge on any atom is -0.476 e. The summed E-state index contributed by atoms with van der Waals surface area (Å²) in [6.07, 6.45) is 4.40. The molecule has 0 aliphatic heterocycles. The van der Waals surface area contributed by atoms with E-state index >= 15 is 0 Å². The van der Waals surface area contributed by atoms with Gasteiger partial charge < -0.3 is 9.84 Å². The van der Waals surface area contributed by atoms with Crippen molar-refractivity contribution >= 4 is 17.7 Å². The molecule has 2 rings (SSSR count). The Morgan fingerprint density at radius 2 is 2.06 bits per heavy atom. The monoisotopic (exact) mass is 262 g/mol. The molecule has 0 bridgehead atoms. The number of hydrogen-bond donors (Lipinski definition) is 1. The molecule has 0 fully saturated rings. The molecule has 5 nitrogen and oxygen atoms in total. The van der Waals surface area contributed by atoms with E-state index < -0.39 is 5.97 Å². The van der Waals surface area contributed by atoms with Crippen LogP contribution in [0.2, 0.25) is 0 Å². The minimum atomic E-state index is -1.11. The summed E-state index contributed by atoms with van der Waals surface area (Å²) in [4.78, 5) is 19.2. The van der Waals surface area contributed by atoms with Gasteiger partial charge in [-0.05, 0) is 18.4 Å². The van der Waals surface area contributed by atoms with Crippen LogP contribution in [0.1, 0.15) is 10.5 Å². The number of thioether (sulfide) groups is 1. The number of para-hydroxylation sites is 1. The van der Waals surface area contributed by atoms with E-state index in [0.717, 1.165) is 4.90 Å². The van der Waals surface area contributed by atoms with E-state index in [1.165, 1.54) is 12.4 Å². The van der Waals surface area contributed by atoms with Crippen molar-refractivity contribution < 1.29 is 14.6 Å². The number of hydrogen-bond acceptors (Lipinski definition) is 5. The van der Waals surface area contributed by atoms with Gasteiger partial charge in [0.05, 0.1) is 12.4 Å². The lowest BCUT2D eigenvalue weighted by Gasteiger charge is -2.07. The number of rotatable bonds is 4. The van der Waals surface area contributed by atoms with Crippen LogP contribution in [-0.4, -0.2) is 27.3 Å². The molecule has 6 heteroatoms. The van der Waals surface area contributed by atoms with Crippen molar-refractivity contribution in [2.45, 2.75) is 4.90 Å². The third kappa shape index (κ3) is 2.78. The Labute approximate surface area is 108 Å². The Hall–Kier alpha value is -2.08. The van der Waals surface area contributed by atoms with Crippen LogP contribution in [0, 0.1) is 0 Å². The Morgan fingerprint density at radius 3 is 2.67 bits per heavy atom. The molecule has 1 aromatic carbocycles. The van der Waals surface area contributed by atoms with E-state index in [9.17, 15) is 4.79 Å². The maximum Gasteiger partial charge on any atom is 0.356 e. The maximum absolute atomic E-state index is 10.6. The fourth-order valence-electron chi connectivity index (χ4n) is 1.30. The average molecular weight is 262 g/mol. The lowest BCUT2D eigenvalue weighted by atomic mass is 10.3. The third-order valence-electron chi connectivity index (χ3n) is 2.13. The van der Waals surface area contributed by atoms with Crippen molar-refractivity contribution in [3.05, 3.63) is 42.4 Å². The normalized spacial score (nSPS) is 10.1. The standard InChI is InChI=1S/C12H10N2O3S/c1-18-10-5-3-2-4-9(10)17-11-7-13-8(6-14-11)12(15)16/h2-7H,1H3,(H,15,16). The van der Waals surface area contributed by atoms with Crippen molar-refractivity contribution in [3.8, 4) is 11.6 Å². The molecule has 0 spiro atoms. The maximum atomic E-state index is 10.6. The summed E-state index contributed by atoms with van der Waals surface area (Å²) in [5.74, 6) is -0.178. The second kappa shape index (κ2) is 5.50. The summed E-state index contributed by atoms with van der Waals surface area (Å²) < 4.78 is 5.55. The van der Waals surface area contributed by atoms with E-state index in [4.69, 9.17) is 9.84 Å². The molecule has 1 N–H and O–H groups in total. The Bertz CT molecular complexity index is 558. The zero-order valence-corrected chi connectivity index (χ0v) is 10.3.